The number of hydrogen-bond donors (Lipinski definition) is 2. The van der Waals surface area contributed by atoms with Crippen LogP contribution in [-0.4, -0.2) is 67.6 Å². The molecule has 3 aromatic carbocycles. The molecule has 9 heteroatoms. The average Bonchev–Trinajstić information content (AvgIpc) is 2.95. The van der Waals surface area contributed by atoms with Crippen LogP contribution in [0.1, 0.15) is 37.4 Å². The predicted molar refractivity (Wildman–Crippen MR) is 140 cm³/mol. The molecule has 0 unspecified atom stereocenters. The molecule has 0 atom stereocenters. The summed E-state index contributed by atoms with van der Waals surface area (Å²) in [6.45, 7) is 1.82. The van der Waals surface area contributed by atoms with Crippen molar-refractivity contribution in [2.45, 2.75) is 19.8 Å². The standard InChI is InChI=1S/C29H33NO8/c1-35-28(33)24-7-3-21(4-8-24)19-37-26-15-23(18-30(11-13-31)12-14-32)16-27(17-26)38-20-22-5-9-25(10-6-22)29(34)36-2/h3-10,15-17,31-32H,11-14,18-20H2,1-2H3. The van der Waals surface area contributed by atoms with Gasteiger partial charge in [0.05, 0.1) is 38.6 Å². The first-order chi connectivity index (χ1) is 18.4. The Balaban J connectivity index is 1.75. The van der Waals surface area contributed by atoms with Crippen LogP contribution in [-0.2, 0) is 29.2 Å². The second kappa shape index (κ2) is 14.7. The molecule has 0 aromatic heterocycles. The van der Waals surface area contributed by atoms with E-state index in [-0.39, 0.29) is 26.4 Å². The fourth-order valence-corrected chi connectivity index (χ4v) is 3.74. The van der Waals surface area contributed by atoms with Gasteiger partial charge in [-0.1, -0.05) is 24.3 Å². The third-order valence-electron chi connectivity index (χ3n) is 5.74. The summed E-state index contributed by atoms with van der Waals surface area (Å²) >= 11 is 0. The van der Waals surface area contributed by atoms with Crippen LogP contribution >= 0.6 is 0 Å². The van der Waals surface area contributed by atoms with Crippen molar-refractivity contribution in [3.05, 3.63) is 94.5 Å². The van der Waals surface area contributed by atoms with Crippen LogP contribution < -0.4 is 9.47 Å². The molecule has 0 aliphatic carbocycles. The molecule has 0 saturated carbocycles. The molecule has 38 heavy (non-hydrogen) atoms. The highest BCUT2D eigenvalue weighted by Gasteiger charge is 2.11. The highest BCUT2D eigenvalue weighted by atomic mass is 16.5. The van der Waals surface area contributed by atoms with Gasteiger partial charge in [0.2, 0.25) is 0 Å². The lowest BCUT2D eigenvalue weighted by molar-refractivity contribution is 0.0592. The van der Waals surface area contributed by atoms with Gasteiger partial charge in [-0.15, -0.1) is 0 Å². The Kier molecular flexibility index (Phi) is 11.1. The molecule has 0 saturated heterocycles. The van der Waals surface area contributed by atoms with Crippen molar-refractivity contribution in [2.75, 3.05) is 40.5 Å². The highest BCUT2D eigenvalue weighted by molar-refractivity contribution is 5.89. The van der Waals surface area contributed by atoms with Crippen molar-refractivity contribution in [1.82, 2.24) is 4.90 Å². The molecule has 0 aliphatic heterocycles. The van der Waals surface area contributed by atoms with E-state index in [0.29, 0.717) is 42.3 Å². The zero-order valence-electron chi connectivity index (χ0n) is 21.6. The summed E-state index contributed by atoms with van der Waals surface area (Å²) in [7, 11) is 2.68. The molecule has 0 heterocycles. The minimum absolute atomic E-state index is 0.0251. The second-order valence-electron chi connectivity index (χ2n) is 8.49. The quantitative estimate of drug-likeness (QED) is 0.307. The number of esters is 2. The van der Waals surface area contributed by atoms with E-state index in [0.717, 1.165) is 16.7 Å². The number of rotatable bonds is 14. The van der Waals surface area contributed by atoms with Crippen molar-refractivity contribution in [3.8, 4) is 11.5 Å². The Morgan fingerprint density at radius 1 is 0.658 bits per heavy atom. The van der Waals surface area contributed by atoms with Crippen molar-refractivity contribution in [3.63, 3.8) is 0 Å². The molecule has 202 valence electrons. The van der Waals surface area contributed by atoms with E-state index >= 15 is 0 Å². The number of methoxy groups -OCH3 is 2. The van der Waals surface area contributed by atoms with Crippen LogP contribution in [0.2, 0.25) is 0 Å². The van der Waals surface area contributed by atoms with Gasteiger partial charge in [-0.2, -0.15) is 0 Å². The molecule has 0 spiro atoms. The van der Waals surface area contributed by atoms with Gasteiger partial charge in [0.1, 0.15) is 24.7 Å². The van der Waals surface area contributed by atoms with E-state index in [1.807, 2.05) is 17.0 Å². The summed E-state index contributed by atoms with van der Waals surface area (Å²) in [5, 5.41) is 18.8. The topological polar surface area (TPSA) is 115 Å². The maximum atomic E-state index is 11.7. The van der Waals surface area contributed by atoms with E-state index in [1.54, 1.807) is 54.6 Å². The van der Waals surface area contributed by atoms with E-state index in [9.17, 15) is 19.8 Å². The van der Waals surface area contributed by atoms with Crippen LogP contribution in [0.25, 0.3) is 0 Å². The van der Waals surface area contributed by atoms with E-state index in [2.05, 4.69) is 0 Å². The van der Waals surface area contributed by atoms with E-state index in [1.165, 1.54) is 14.2 Å². The molecule has 0 bridgehead atoms. The molecular weight excluding hydrogens is 490 g/mol. The van der Waals surface area contributed by atoms with Crippen LogP contribution in [0.4, 0.5) is 0 Å². The minimum atomic E-state index is -0.401. The molecule has 0 amide bonds. The fraction of sp³-hybridized carbons (Fsp3) is 0.310. The number of hydrogen-bond acceptors (Lipinski definition) is 9. The van der Waals surface area contributed by atoms with Gasteiger partial charge < -0.3 is 29.2 Å². The summed E-state index contributed by atoms with van der Waals surface area (Å²) in [5.74, 6) is 0.372. The van der Waals surface area contributed by atoms with Crippen molar-refractivity contribution < 1.29 is 38.7 Å². The zero-order chi connectivity index (χ0) is 27.3. The summed E-state index contributed by atoms with van der Waals surface area (Å²) in [6.07, 6.45) is 0. The lowest BCUT2D eigenvalue weighted by Crippen LogP contribution is -2.29. The lowest BCUT2D eigenvalue weighted by Gasteiger charge is -2.21. The smallest absolute Gasteiger partial charge is 0.337 e. The molecule has 0 aliphatic rings. The van der Waals surface area contributed by atoms with Gasteiger partial charge in [0.25, 0.3) is 0 Å². The normalized spacial score (nSPS) is 10.8. The van der Waals surface area contributed by atoms with Gasteiger partial charge in [-0.05, 0) is 53.1 Å². The number of carbonyl (C=O) groups excluding carboxylic acids is 2. The first kappa shape index (κ1) is 28.6. The molecule has 0 radical (unpaired) electrons. The largest absolute Gasteiger partial charge is 0.489 e. The Morgan fingerprint density at radius 3 is 1.45 bits per heavy atom. The molecule has 9 nitrogen and oxygen atoms in total. The Morgan fingerprint density at radius 2 is 1.08 bits per heavy atom. The summed E-state index contributed by atoms with van der Waals surface area (Å²) in [6, 6.07) is 19.5. The number of aliphatic hydroxyl groups is 2. The lowest BCUT2D eigenvalue weighted by atomic mass is 10.1. The van der Waals surface area contributed by atoms with Gasteiger partial charge in [0.15, 0.2) is 0 Å². The van der Waals surface area contributed by atoms with Gasteiger partial charge in [-0.25, -0.2) is 9.59 Å². The molecule has 3 aromatic rings. The maximum absolute atomic E-state index is 11.7. The molecule has 0 fully saturated rings. The van der Waals surface area contributed by atoms with Crippen LogP contribution in [0.5, 0.6) is 11.5 Å². The number of nitrogens with zero attached hydrogens (tertiary/aromatic N) is 1. The Labute approximate surface area is 222 Å². The van der Waals surface area contributed by atoms with Gasteiger partial charge >= 0.3 is 11.9 Å². The number of carbonyl (C=O) groups is 2. The SMILES string of the molecule is COC(=O)c1ccc(COc2cc(CN(CCO)CCO)cc(OCc3ccc(C(=O)OC)cc3)c2)cc1. The highest BCUT2D eigenvalue weighted by Crippen LogP contribution is 2.26. The summed E-state index contributed by atoms with van der Waals surface area (Å²) in [4.78, 5) is 25.3. The molecule has 2 N–H and O–H groups in total. The predicted octanol–water partition coefficient (Wildman–Crippen LogP) is 3.20. The average molecular weight is 524 g/mol. The summed E-state index contributed by atoms with van der Waals surface area (Å²) in [5.41, 5.74) is 3.56. The number of ether oxygens (including phenoxy) is 4. The zero-order valence-corrected chi connectivity index (χ0v) is 21.6. The van der Waals surface area contributed by atoms with E-state index in [4.69, 9.17) is 18.9 Å². The minimum Gasteiger partial charge on any atom is -0.489 e. The summed E-state index contributed by atoms with van der Waals surface area (Å²) < 4.78 is 21.6. The molecule has 3 rings (SSSR count). The Bertz CT molecular complexity index is 1090. The monoisotopic (exact) mass is 523 g/mol. The third-order valence-corrected chi connectivity index (χ3v) is 5.74. The van der Waals surface area contributed by atoms with E-state index < -0.39 is 11.9 Å². The van der Waals surface area contributed by atoms with Crippen LogP contribution in [0.15, 0.2) is 66.7 Å². The fourth-order valence-electron chi connectivity index (χ4n) is 3.74. The first-order valence-corrected chi connectivity index (χ1v) is 12.1. The third kappa shape index (κ3) is 8.58. The van der Waals surface area contributed by atoms with Gasteiger partial charge in [0, 0.05) is 25.7 Å². The number of aliphatic hydroxyl groups excluding tert-OH is 2. The maximum Gasteiger partial charge on any atom is 0.337 e. The van der Waals surface area contributed by atoms with Crippen molar-refractivity contribution in [2.24, 2.45) is 0 Å². The first-order valence-electron chi connectivity index (χ1n) is 12.1. The van der Waals surface area contributed by atoms with Crippen molar-refractivity contribution in [1.29, 1.82) is 0 Å². The van der Waals surface area contributed by atoms with Gasteiger partial charge in [-0.3, -0.25) is 4.90 Å². The van der Waals surface area contributed by atoms with Crippen molar-refractivity contribution >= 4 is 11.9 Å². The second-order valence-corrected chi connectivity index (χ2v) is 8.49. The number of benzene rings is 3. The van der Waals surface area contributed by atoms with Crippen LogP contribution in [0, 0.1) is 0 Å². The Hall–Kier alpha value is -3.92. The molecular formula is C29H33NO8. The van der Waals surface area contributed by atoms with Crippen LogP contribution in [0.3, 0.4) is 0 Å².